The predicted octanol–water partition coefficient (Wildman–Crippen LogP) is 3.71. The zero-order chi connectivity index (χ0) is 23.3. The van der Waals surface area contributed by atoms with E-state index < -0.39 is 28.5 Å². The summed E-state index contributed by atoms with van der Waals surface area (Å²) >= 11 is 0. The molecule has 0 radical (unpaired) electrons. The molecule has 0 unspecified atom stereocenters. The van der Waals surface area contributed by atoms with Gasteiger partial charge in [-0.05, 0) is 47.9 Å². The molecule has 0 aliphatic carbocycles. The number of sulfonamides is 1. The standard InChI is InChI=1S/C24H24N2O5S/c1-17-9-14-21(32(29,30)26(2)3)15-22(17)25-23(27)16-31-24(28)20-12-10-19(11-13-20)18-7-5-4-6-8-18/h4-15H,16H2,1-3H3,(H,25,27). The van der Waals surface area contributed by atoms with Crippen molar-refractivity contribution in [2.75, 3.05) is 26.0 Å². The van der Waals surface area contributed by atoms with Gasteiger partial charge >= 0.3 is 5.97 Å². The number of carbonyl (C=O) groups is 2. The highest BCUT2D eigenvalue weighted by Gasteiger charge is 2.19. The molecule has 0 aliphatic heterocycles. The molecule has 0 aliphatic rings. The average Bonchev–Trinajstić information content (AvgIpc) is 2.79. The Morgan fingerprint density at radius 2 is 1.53 bits per heavy atom. The first-order valence-corrected chi connectivity index (χ1v) is 11.3. The summed E-state index contributed by atoms with van der Waals surface area (Å²) < 4.78 is 30.8. The van der Waals surface area contributed by atoms with Crippen LogP contribution < -0.4 is 5.32 Å². The van der Waals surface area contributed by atoms with E-state index in [1.165, 1.54) is 26.2 Å². The van der Waals surface area contributed by atoms with Crippen molar-refractivity contribution in [1.82, 2.24) is 4.31 Å². The highest BCUT2D eigenvalue weighted by molar-refractivity contribution is 7.89. The van der Waals surface area contributed by atoms with Gasteiger partial charge in [0.2, 0.25) is 10.0 Å². The van der Waals surface area contributed by atoms with Crippen LogP contribution in [0.4, 0.5) is 5.69 Å². The molecular formula is C24H24N2O5S. The average molecular weight is 453 g/mol. The Hall–Kier alpha value is -3.49. The zero-order valence-corrected chi connectivity index (χ0v) is 18.8. The minimum Gasteiger partial charge on any atom is -0.452 e. The fourth-order valence-electron chi connectivity index (χ4n) is 2.94. The fourth-order valence-corrected chi connectivity index (χ4v) is 3.87. The number of hydrogen-bond donors (Lipinski definition) is 1. The van der Waals surface area contributed by atoms with Crippen molar-refractivity contribution in [3.8, 4) is 11.1 Å². The Bertz CT molecular complexity index is 1220. The second kappa shape index (κ2) is 9.76. The van der Waals surface area contributed by atoms with Gasteiger partial charge in [0.1, 0.15) is 0 Å². The largest absolute Gasteiger partial charge is 0.452 e. The van der Waals surface area contributed by atoms with Crippen LogP contribution in [0.2, 0.25) is 0 Å². The van der Waals surface area contributed by atoms with Gasteiger partial charge < -0.3 is 10.1 Å². The lowest BCUT2D eigenvalue weighted by atomic mass is 10.0. The van der Waals surface area contributed by atoms with E-state index in [2.05, 4.69) is 5.32 Å². The third kappa shape index (κ3) is 5.40. The van der Waals surface area contributed by atoms with Gasteiger partial charge in [0, 0.05) is 19.8 Å². The highest BCUT2D eigenvalue weighted by Crippen LogP contribution is 2.22. The van der Waals surface area contributed by atoms with E-state index in [4.69, 9.17) is 4.74 Å². The molecule has 0 bridgehead atoms. The first-order valence-electron chi connectivity index (χ1n) is 9.84. The molecule has 32 heavy (non-hydrogen) atoms. The minimum absolute atomic E-state index is 0.0545. The van der Waals surface area contributed by atoms with Gasteiger partial charge in [0.05, 0.1) is 10.5 Å². The first kappa shape index (κ1) is 23.2. The van der Waals surface area contributed by atoms with Crippen LogP contribution in [0, 0.1) is 6.92 Å². The van der Waals surface area contributed by atoms with Gasteiger partial charge in [-0.15, -0.1) is 0 Å². The third-order valence-electron chi connectivity index (χ3n) is 4.82. The van der Waals surface area contributed by atoms with Crippen molar-refractivity contribution in [2.24, 2.45) is 0 Å². The van der Waals surface area contributed by atoms with E-state index in [0.29, 0.717) is 16.8 Å². The van der Waals surface area contributed by atoms with Crippen molar-refractivity contribution in [2.45, 2.75) is 11.8 Å². The van der Waals surface area contributed by atoms with E-state index in [1.807, 2.05) is 42.5 Å². The second-order valence-electron chi connectivity index (χ2n) is 7.33. The summed E-state index contributed by atoms with van der Waals surface area (Å²) in [5.41, 5.74) is 3.33. The molecule has 166 valence electrons. The van der Waals surface area contributed by atoms with E-state index in [0.717, 1.165) is 15.4 Å². The minimum atomic E-state index is -3.64. The maximum absolute atomic E-state index is 12.3. The number of rotatable bonds is 7. The van der Waals surface area contributed by atoms with Gasteiger partial charge in [-0.1, -0.05) is 48.5 Å². The molecule has 3 aromatic carbocycles. The summed E-state index contributed by atoms with van der Waals surface area (Å²) in [7, 11) is -0.781. The lowest BCUT2D eigenvalue weighted by Crippen LogP contribution is -2.23. The summed E-state index contributed by atoms with van der Waals surface area (Å²) in [5.74, 6) is -1.19. The summed E-state index contributed by atoms with van der Waals surface area (Å²) in [6.07, 6.45) is 0. The smallest absolute Gasteiger partial charge is 0.338 e. The summed E-state index contributed by atoms with van der Waals surface area (Å²) in [6, 6.07) is 21.1. The number of nitrogens with one attached hydrogen (secondary N) is 1. The number of benzene rings is 3. The van der Waals surface area contributed by atoms with Crippen LogP contribution in [0.5, 0.6) is 0 Å². The highest BCUT2D eigenvalue weighted by atomic mass is 32.2. The van der Waals surface area contributed by atoms with Crippen LogP contribution in [-0.2, 0) is 19.6 Å². The third-order valence-corrected chi connectivity index (χ3v) is 6.63. The second-order valence-corrected chi connectivity index (χ2v) is 9.48. The number of ether oxygens (including phenoxy) is 1. The number of amides is 1. The number of carbonyl (C=O) groups excluding carboxylic acids is 2. The summed E-state index contributed by atoms with van der Waals surface area (Å²) in [5, 5.41) is 2.60. The molecule has 0 atom stereocenters. The number of aryl methyl sites for hydroxylation is 1. The SMILES string of the molecule is Cc1ccc(S(=O)(=O)N(C)C)cc1NC(=O)COC(=O)c1ccc(-c2ccccc2)cc1. The predicted molar refractivity (Wildman–Crippen MR) is 123 cm³/mol. The lowest BCUT2D eigenvalue weighted by Gasteiger charge is -2.14. The van der Waals surface area contributed by atoms with Crippen molar-refractivity contribution in [3.63, 3.8) is 0 Å². The lowest BCUT2D eigenvalue weighted by molar-refractivity contribution is -0.119. The maximum Gasteiger partial charge on any atom is 0.338 e. The Labute approximate surface area is 187 Å². The van der Waals surface area contributed by atoms with Crippen LogP contribution >= 0.6 is 0 Å². The Morgan fingerprint density at radius 1 is 0.906 bits per heavy atom. The molecule has 1 N–H and O–H groups in total. The molecule has 0 saturated heterocycles. The Kier molecular flexibility index (Phi) is 7.07. The Morgan fingerprint density at radius 3 is 2.16 bits per heavy atom. The van der Waals surface area contributed by atoms with Gasteiger partial charge in [0.25, 0.3) is 5.91 Å². The van der Waals surface area contributed by atoms with Crippen LogP contribution in [0.3, 0.4) is 0 Å². The van der Waals surface area contributed by atoms with Crippen molar-refractivity contribution >= 4 is 27.6 Å². The number of nitrogens with zero attached hydrogens (tertiary/aromatic N) is 1. The number of hydrogen-bond acceptors (Lipinski definition) is 5. The molecule has 1 amide bonds. The number of esters is 1. The van der Waals surface area contributed by atoms with Crippen LogP contribution in [0.15, 0.2) is 77.7 Å². The molecule has 0 heterocycles. The molecule has 8 heteroatoms. The van der Waals surface area contributed by atoms with Crippen molar-refractivity contribution in [1.29, 1.82) is 0 Å². The topological polar surface area (TPSA) is 92.8 Å². The molecule has 3 rings (SSSR count). The number of anilines is 1. The van der Waals surface area contributed by atoms with Crippen molar-refractivity contribution < 1.29 is 22.7 Å². The van der Waals surface area contributed by atoms with Crippen molar-refractivity contribution in [3.05, 3.63) is 83.9 Å². The van der Waals surface area contributed by atoms with Gasteiger partial charge in [-0.25, -0.2) is 17.5 Å². The Balaban J connectivity index is 1.62. The molecule has 0 aromatic heterocycles. The van der Waals surface area contributed by atoms with Crippen LogP contribution in [0.25, 0.3) is 11.1 Å². The molecule has 0 spiro atoms. The molecule has 0 saturated carbocycles. The van der Waals surface area contributed by atoms with E-state index in [-0.39, 0.29) is 4.90 Å². The normalized spacial score (nSPS) is 11.2. The zero-order valence-electron chi connectivity index (χ0n) is 18.0. The molecule has 7 nitrogen and oxygen atoms in total. The van der Waals surface area contributed by atoms with Gasteiger partial charge in [-0.2, -0.15) is 0 Å². The molecule has 0 fully saturated rings. The van der Waals surface area contributed by atoms with Crippen LogP contribution in [-0.4, -0.2) is 45.3 Å². The van der Waals surface area contributed by atoms with E-state index in [9.17, 15) is 18.0 Å². The van der Waals surface area contributed by atoms with Gasteiger partial charge in [-0.3, -0.25) is 4.79 Å². The monoisotopic (exact) mass is 452 g/mol. The van der Waals surface area contributed by atoms with E-state index >= 15 is 0 Å². The van der Waals surface area contributed by atoms with E-state index in [1.54, 1.807) is 25.1 Å². The molecule has 3 aromatic rings. The van der Waals surface area contributed by atoms with Crippen LogP contribution in [0.1, 0.15) is 15.9 Å². The summed E-state index contributed by atoms with van der Waals surface area (Å²) in [6.45, 7) is 1.24. The molecular weight excluding hydrogens is 428 g/mol. The quantitative estimate of drug-likeness (QED) is 0.552. The maximum atomic E-state index is 12.3. The van der Waals surface area contributed by atoms with Gasteiger partial charge in [0.15, 0.2) is 6.61 Å². The summed E-state index contributed by atoms with van der Waals surface area (Å²) in [4.78, 5) is 24.6. The fraction of sp³-hybridized carbons (Fsp3) is 0.167. The first-order chi connectivity index (χ1) is 15.2.